The van der Waals surface area contributed by atoms with Gasteiger partial charge in [-0.15, -0.1) is 0 Å². The minimum absolute atomic E-state index is 0.0126. The van der Waals surface area contributed by atoms with E-state index in [1.54, 1.807) is 4.90 Å². The fourth-order valence-electron chi connectivity index (χ4n) is 13.1. The minimum atomic E-state index is -0.252. The Balaban J connectivity index is 0.832. The van der Waals surface area contributed by atoms with Gasteiger partial charge >= 0.3 is 0 Å². The lowest BCUT2D eigenvalue weighted by Crippen LogP contribution is -2.50. The van der Waals surface area contributed by atoms with Gasteiger partial charge in [-0.05, 0) is 152 Å². The van der Waals surface area contributed by atoms with Crippen molar-refractivity contribution in [1.29, 1.82) is 0 Å². The van der Waals surface area contributed by atoms with Crippen molar-refractivity contribution in [3.63, 3.8) is 0 Å². The molecule has 8 nitrogen and oxygen atoms in total. The van der Waals surface area contributed by atoms with Crippen LogP contribution in [-0.2, 0) is 34.4 Å². The predicted molar refractivity (Wildman–Crippen MR) is 288 cm³/mol. The van der Waals surface area contributed by atoms with Crippen LogP contribution in [0.1, 0.15) is 171 Å². The van der Waals surface area contributed by atoms with E-state index in [-0.39, 0.29) is 28.7 Å². The summed E-state index contributed by atoms with van der Waals surface area (Å²) in [7, 11) is 1.88. The number of carbonyl (C=O) groups is 3. The van der Waals surface area contributed by atoms with E-state index in [2.05, 4.69) is 98.5 Å². The molecular formula is C63H72N5O3+. The molecule has 5 aliphatic rings. The molecule has 1 N–H and O–H groups in total. The summed E-state index contributed by atoms with van der Waals surface area (Å²) < 4.78 is 2.66. The molecule has 0 aromatic heterocycles. The zero-order chi connectivity index (χ0) is 49.6. The molecule has 4 heterocycles. The zero-order valence-corrected chi connectivity index (χ0v) is 43.3. The van der Waals surface area contributed by atoms with Gasteiger partial charge in [0.2, 0.25) is 17.2 Å². The maximum atomic E-state index is 14.8. The molecule has 4 aliphatic heterocycles. The molecule has 0 saturated carbocycles. The highest BCUT2D eigenvalue weighted by Crippen LogP contribution is 2.50. The van der Waals surface area contributed by atoms with Crippen LogP contribution in [-0.4, -0.2) is 67.9 Å². The van der Waals surface area contributed by atoms with Crippen molar-refractivity contribution < 1.29 is 14.4 Å². The predicted octanol–water partition coefficient (Wildman–Crippen LogP) is 9.54. The molecule has 1 atom stereocenters. The molecule has 366 valence electrons. The molecule has 10 rings (SSSR count). The molecule has 0 fully saturated rings. The number of amides is 3. The van der Waals surface area contributed by atoms with Crippen LogP contribution in [0.5, 0.6) is 0 Å². The van der Waals surface area contributed by atoms with Gasteiger partial charge in [0, 0.05) is 96.8 Å². The van der Waals surface area contributed by atoms with Crippen LogP contribution in [0.25, 0.3) is 5.57 Å². The molecular weight excluding hydrogens is 875 g/mol. The lowest BCUT2D eigenvalue weighted by atomic mass is 9.64. The summed E-state index contributed by atoms with van der Waals surface area (Å²) in [4.78, 5) is 47.9. The molecule has 0 saturated heterocycles. The van der Waals surface area contributed by atoms with E-state index in [1.807, 2.05) is 72.6 Å². The second kappa shape index (κ2) is 19.6. The third kappa shape index (κ3) is 9.00. The summed E-state index contributed by atoms with van der Waals surface area (Å²) in [6.07, 6.45) is 9.24. The van der Waals surface area contributed by atoms with E-state index < -0.39 is 0 Å². The molecule has 1 unspecified atom stereocenters. The van der Waals surface area contributed by atoms with Crippen LogP contribution in [0.3, 0.4) is 0 Å². The van der Waals surface area contributed by atoms with Gasteiger partial charge in [-0.3, -0.25) is 14.4 Å². The average molecular weight is 947 g/mol. The zero-order valence-electron chi connectivity index (χ0n) is 43.3. The third-order valence-corrected chi connectivity index (χ3v) is 16.4. The fourth-order valence-corrected chi connectivity index (χ4v) is 13.1. The number of hydrogen-bond donors (Lipinski definition) is 1. The van der Waals surface area contributed by atoms with Crippen LogP contribution in [0, 0.1) is 11.8 Å². The molecule has 71 heavy (non-hydrogen) atoms. The Labute approximate surface area is 421 Å². The number of fused-ring (bicyclic) bond motifs is 6. The topological polar surface area (TPSA) is 76.0 Å². The summed E-state index contributed by atoms with van der Waals surface area (Å²) in [6, 6.07) is 31.8. The molecule has 5 aromatic carbocycles. The van der Waals surface area contributed by atoms with Crippen molar-refractivity contribution in [3.8, 4) is 11.8 Å². The van der Waals surface area contributed by atoms with Crippen molar-refractivity contribution in [2.24, 2.45) is 0 Å². The monoisotopic (exact) mass is 947 g/mol. The SMILES string of the molecule is CCN1c2cc3c(cc2C(C)CC1(C)C)C(c1ccccc1C(=O)N(C)CCCC(=O)NCCCCCC(=O)N1Cc2ccccc2C#Cc2ccccc21)=c1cc2c4c(c1C3(C)C)CCC[N+]=4CCC2. The van der Waals surface area contributed by atoms with Gasteiger partial charge in [-0.25, -0.2) is 4.58 Å². The first-order chi connectivity index (χ1) is 34.3. The van der Waals surface area contributed by atoms with Gasteiger partial charge in [-0.2, -0.15) is 0 Å². The number of nitrogens with zero attached hydrogens (tertiary/aromatic N) is 4. The normalized spacial score (nSPS) is 17.7. The molecule has 5 aromatic rings. The van der Waals surface area contributed by atoms with Gasteiger partial charge in [0.25, 0.3) is 5.91 Å². The number of benzene rings is 5. The maximum Gasteiger partial charge on any atom is 0.254 e. The highest BCUT2D eigenvalue weighted by molar-refractivity contribution is 6.02. The summed E-state index contributed by atoms with van der Waals surface area (Å²) in [6.45, 7) is 19.1. The van der Waals surface area contributed by atoms with E-state index >= 15 is 0 Å². The molecule has 1 aliphatic carbocycles. The first kappa shape index (κ1) is 48.2. The number of rotatable bonds is 13. The molecule has 0 bridgehead atoms. The number of aryl methyl sites for hydroxylation is 1. The molecule has 3 amide bonds. The van der Waals surface area contributed by atoms with Crippen LogP contribution in [0.2, 0.25) is 0 Å². The Morgan fingerprint density at radius 1 is 0.789 bits per heavy atom. The maximum absolute atomic E-state index is 14.8. The standard InChI is InChI=1S/C63H71N5O3/c1-8-68-55-39-53-51(38-50(55)42(2)40-62(68,3)4)58(52-37-45-24-18-35-66-36-19-27-49(60(45)66)59(52)63(53,5)6)47-25-14-15-26-48(47)61(71)65(7)34-20-29-56(69)64-33-17-9-10-30-57(70)67-41-46-23-12-11-21-43(46)31-32-44-22-13-16-28-54(44)67/h11-16,21-23,25-26,28,37-39,42H,8-10,17-20,24,27,29-30,33-36,40-41H2,1-7H3/p+1. The summed E-state index contributed by atoms with van der Waals surface area (Å²) >= 11 is 0. The van der Waals surface area contributed by atoms with Crippen molar-refractivity contribution in [2.75, 3.05) is 49.6 Å². The summed E-state index contributed by atoms with van der Waals surface area (Å²) in [5, 5.41) is 5.87. The van der Waals surface area contributed by atoms with Crippen molar-refractivity contribution in [2.45, 2.75) is 136 Å². The quantitative estimate of drug-likeness (QED) is 0.0726. The first-order valence-electron chi connectivity index (χ1n) is 26.7. The van der Waals surface area contributed by atoms with Gasteiger partial charge in [0.05, 0.1) is 12.2 Å². The number of para-hydroxylation sites is 1. The first-order valence-corrected chi connectivity index (χ1v) is 26.7. The Morgan fingerprint density at radius 3 is 2.34 bits per heavy atom. The number of anilines is 2. The van der Waals surface area contributed by atoms with Gasteiger partial charge in [-0.1, -0.05) is 87.6 Å². The van der Waals surface area contributed by atoms with Crippen molar-refractivity contribution in [1.82, 2.24) is 14.8 Å². The van der Waals surface area contributed by atoms with Crippen LogP contribution in [0.4, 0.5) is 11.4 Å². The Hall–Kier alpha value is -6.46. The van der Waals surface area contributed by atoms with E-state index in [4.69, 9.17) is 0 Å². The fraction of sp³-hybridized carbons (Fsp3) is 0.429. The Morgan fingerprint density at radius 2 is 1.52 bits per heavy atom. The third-order valence-electron chi connectivity index (χ3n) is 16.4. The van der Waals surface area contributed by atoms with Gasteiger partial charge < -0.3 is 20.0 Å². The smallest absolute Gasteiger partial charge is 0.254 e. The summed E-state index contributed by atoms with van der Waals surface area (Å²) in [5.41, 5.74) is 16.1. The van der Waals surface area contributed by atoms with E-state index in [0.717, 1.165) is 98.9 Å². The highest BCUT2D eigenvalue weighted by atomic mass is 16.2. The number of carbonyl (C=O) groups excluding carboxylic acids is 3. The van der Waals surface area contributed by atoms with Gasteiger partial charge in [0.1, 0.15) is 13.1 Å². The number of hydrogen-bond acceptors (Lipinski definition) is 4. The minimum Gasteiger partial charge on any atom is -0.366 e. The van der Waals surface area contributed by atoms with Crippen LogP contribution >= 0.6 is 0 Å². The molecule has 0 spiro atoms. The lowest BCUT2D eigenvalue weighted by molar-refractivity contribution is -0.121. The second-order valence-electron chi connectivity index (χ2n) is 22.0. The number of unbranched alkanes of at least 4 members (excludes halogenated alkanes) is 2. The molecule has 0 radical (unpaired) electrons. The average Bonchev–Trinajstić information content (AvgIpc) is 3.35. The second-order valence-corrected chi connectivity index (χ2v) is 22.0. The summed E-state index contributed by atoms with van der Waals surface area (Å²) in [5.74, 6) is 7.00. The number of nitrogens with one attached hydrogen (secondary N) is 1. The van der Waals surface area contributed by atoms with E-state index in [0.29, 0.717) is 50.4 Å². The van der Waals surface area contributed by atoms with Gasteiger partial charge in [0.15, 0.2) is 0 Å². The lowest BCUT2D eigenvalue weighted by Gasteiger charge is -2.48. The van der Waals surface area contributed by atoms with Crippen LogP contribution < -0.4 is 30.3 Å². The van der Waals surface area contributed by atoms with E-state index in [9.17, 15) is 14.4 Å². The van der Waals surface area contributed by atoms with Crippen LogP contribution in [0.15, 0.2) is 91.0 Å². The van der Waals surface area contributed by atoms with Crippen molar-refractivity contribution >= 4 is 34.7 Å². The molecule has 8 heteroatoms. The largest absolute Gasteiger partial charge is 0.366 e. The van der Waals surface area contributed by atoms with E-state index in [1.165, 1.54) is 55.2 Å². The highest BCUT2D eigenvalue weighted by Gasteiger charge is 2.43. The Bertz CT molecular complexity index is 3150. The van der Waals surface area contributed by atoms with Crippen molar-refractivity contribution in [3.05, 3.63) is 163 Å². The Kier molecular flexibility index (Phi) is 13.3.